The van der Waals surface area contributed by atoms with Gasteiger partial charge in [0, 0.05) is 31.7 Å². The Hall–Kier alpha value is -0.880. The summed E-state index contributed by atoms with van der Waals surface area (Å²) in [5.41, 5.74) is 0.856. The number of nitro benzene ring substituents is 1. The molecule has 94 valence electrons. The molecule has 7 heteroatoms. The first kappa shape index (κ1) is 14.2. The number of hydrogen-bond donors (Lipinski definition) is 2. The van der Waals surface area contributed by atoms with Crippen molar-refractivity contribution < 1.29 is 4.92 Å². The topological polar surface area (TPSA) is 67.2 Å². The lowest BCUT2D eigenvalue weighted by Crippen LogP contribution is -2.42. The van der Waals surface area contributed by atoms with Crippen LogP contribution >= 0.6 is 24.0 Å². The monoisotopic (exact) mass is 277 g/mol. The third-order valence-electron chi connectivity index (χ3n) is 2.61. The first-order chi connectivity index (χ1) is 7.68. The van der Waals surface area contributed by atoms with Gasteiger partial charge in [-0.1, -0.05) is 17.7 Å². The van der Waals surface area contributed by atoms with Crippen molar-refractivity contribution in [2.75, 3.05) is 19.6 Å². The van der Waals surface area contributed by atoms with Gasteiger partial charge in [0.1, 0.15) is 5.02 Å². The zero-order chi connectivity index (χ0) is 11.5. The minimum atomic E-state index is -0.456. The highest BCUT2D eigenvalue weighted by Gasteiger charge is 2.19. The van der Waals surface area contributed by atoms with Crippen molar-refractivity contribution >= 4 is 29.7 Å². The van der Waals surface area contributed by atoms with Gasteiger partial charge in [-0.15, -0.1) is 12.4 Å². The van der Waals surface area contributed by atoms with Gasteiger partial charge in [-0.05, 0) is 11.6 Å². The van der Waals surface area contributed by atoms with E-state index < -0.39 is 4.92 Å². The van der Waals surface area contributed by atoms with Crippen LogP contribution in [0.3, 0.4) is 0 Å². The van der Waals surface area contributed by atoms with Crippen LogP contribution in [-0.4, -0.2) is 24.6 Å². The molecule has 0 radical (unpaired) electrons. The molecule has 1 aromatic carbocycles. The molecule has 1 fully saturated rings. The van der Waals surface area contributed by atoms with E-state index in [0.29, 0.717) is 0 Å². The lowest BCUT2D eigenvalue weighted by molar-refractivity contribution is -0.384. The standard InChI is InChI=1S/C10H12ClN3O2.ClH/c11-8-2-1-7(5-10(8)14(15)16)9-6-12-3-4-13-9;/h1-2,5,9,12-13H,3-4,6H2;1H/t9-;/m0./s1. The maximum atomic E-state index is 10.7. The van der Waals surface area contributed by atoms with E-state index in [-0.39, 0.29) is 29.2 Å². The normalized spacial score (nSPS) is 19.5. The summed E-state index contributed by atoms with van der Waals surface area (Å²) in [6, 6.07) is 5.04. The molecular formula is C10H13Cl2N3O2. The quantitative estimate of drug-likeness (QED) is 0.640. The summed E-state index contributed by atoms with van der Waals surface area (Å²) in [4.78, 5) is 10.3. The summed E-state index contributed by atoms with van der Waals surface area (Å²) in [6.45, 7) is 2.56. The number of nitrogens with zero attached hydrogens (tertiary/aromatic N) is 1. The van der Waals surface area contributed by atoms with Crippen molar-refractivity contribution in [1.82, 2.24) is 10.6 Å². The number of benzene rings is 1. The molecule has 0 spiro atoms. The van der Waals surface area contributed by atoms with Gasteiger partial charge in [-0.25, -0.2) is 0 Å². The molecule has 1 aliphatic heterocycles. The van der Waals surface area contributed by atoms with E-state index in [1.807, 2.05) is 6.07 Å². The smallest absolute Gasteiger partial charge is 0.288 e. The van der Waals surface area contributed by atoms with E-state index >= 15 is 0 Å². The molecule has 5 nitrogen and oxygen atoms in total. The van der Waals surface area contributed by atoms with Crippen LogP contribution in [0.25, 0.3) is 0 Å². The van der Waals surface area contributed by atoms with Crippen LogP contribution in [0.4, 0.5) is 5.69 Å². The molecule has 1 heterocycles. The van der Waals surface area contributed by atoms with Crippen molar-refractivity contribution in [3.05, 3.63) is 38.9 Å². The Bertz CT molecular complexity index is 409. The highest BCUT2D eigenvalue weighted by Crippen LogP contribution is 2.27. The van der Waals surface area contributed by atoms with Crippen LogP contribution in [0.5, 0.6) is 0 Å². The highest BCUT2D eigenvalue weighted by atomic mass is 35.5. The zero-order valence-electron chi connectivity index (χ0n) is 8.98. The van der Waals surface area contributed by atoms with Crippen LogP contribution in [0.2, 0.25) is 5.02 Å². The van der Waals surface area contributed by atoms with E-state index in [1.165, 1.54) is 6.07 Å². The fraction of sp³-hybridized carbons (Fsp3) is 0.400. The van der Waals surface area contributed by atoms with Crippen LogP contribution in [0.1, 0.15) is 11.6 Å². The molecule has 1 atom stereocenters. The Morgan fingerprint density at radius 2 is 2.18 bits per heavy atom. The lowest BCUT2D eigenvalue weighted by Gasteiger charge is -2.24. The van der Waals surface area contributed by atoms with E-state index in [2.05, 4.69) is 10.6 Å². The maximum Gasteiger partial charge on any atom is 0.288 e. The average Bonchev–Trinajstić information content (AvgIpc) is 2.30. The fourth-order valence-electron chi connectivity index (χ4n) is 1.78. The molecule has 2 rings (SSSR count). The summed E-state index contributed by atoms with van der Waals surface area (Å²) in [5.74, 6) is 0. The number of hydrogen-bond acceptors (Lipinski definition) is 4. The molecule has 1 aromatic rings. The summed E-state index contributed by atoms with van der Waals surface area (Å²) in [7, 11) is 0. The molecule has 0 amide bonds. The Balaban J connectivity index is 0.00000144. The molecule has 0 bridgehead atoms. The predicted octanol–water partition coefficient (Wildman–Crippen LogP) is 1.90. The number of nitro groups is 1. The third kappa shape index (κ3) is 3.29. The number of halogens is 2. The summed E-state index contributed by atoms with van der Waals surface area (Å²) in [6.07, 6.45) is 0. The van der Waals surface area contributed by atoms with Crippen LogP contribution in [-0.2, 0) is 0 Å². The van der Waals surface area contributed by atoms with Gasteiger partial charge in [-0.3, -0.25) is 10.1 Å². The van der Waals surface area contributed by atoms with Crippen molar-refractivity contribution in [1.29, 1.82) is 0 Å². The Morgan fingerprint density at radius 3 is 2.76 bits per heavy atom. The predicted molar refractivity (Wildman–Crippen MR) is 69.0 cm³/mol. The molecule has 0 unspecified atom stereocenters. The molecule has 0 aromatic heterocycles. The second-order valence-electron chi connectivity index (χ2n) is 3.68. The van der Waals surface area contributed by atoms with Gasteiger partial charge >= 0.3 is 0 Å². The van der Waals surface area contributed by atoms with Crippen molar-refractivity contribution in [2.45, 2.75) is 6.04 Å². The van der Waals surface area contributed by atoms with E-state index in [1.54, 1.807) is 6.07 Å². The number of rotatable bonds is 2. The molecule has 2 N–H and O–H groups in total. The Kier molecular flexibility index (Phi) is 5.14. The van der Waals surface area contributed by atoms with Gasteiger partial charge in [0.05, 0.1) is 4.92 Å². The van der Waals surface area contributed by atoms with E-state index in [4.69, 9.17) is 11.6 Å². The molecule has 17 heavy (non-hydrogen) atoms. The summed E-state index contributed by atoms with van der Waals surface area (Å²) >= 11 is 5.75. The molecule has 0 aliphatic carbocycles. The summed E-state index contributed by atoms with van der Waals surface area (Å²) in [5, 5.41) is 17.4. The Morgan fingerprint density at radius 1 is 1.41 bits per heavy atom. The van der Waals surface area contributed by atoms with E-state index in [9.17, 15) is 10.1 Å². The molecule has 1 saturated heterocycles. The molecule has 0 saturated carbocycles. The molecule has 1 aliphatic rings. The van der Waals surface area contributed by atoms with Gasteiger partial charge in [-0.2, -0.15) is 0 Å². The van der Waals surface area contributed by atoms with Gasteiger partial charge in [0.2, 0.25) is 0 Å². The second kappa shape index (κ2) is 6.16. The minimum Gasteiger partial charge on any atom is -0.314 e. The SMILES string of the molecule is Cl.O=[N+]([O-])c1cc([C@@H]2CNCCN2)ccc1Cl. The van der Waals surface area contributed by atoms with Gasteiger partial charge in [0.15, 0.2) is 0 Å². The average molecular weight is 278 g/mol. The van der Waals surface area contributed by atoms with E-state index in [0.717, 1.165) is 25.2 Å². The maximum absolute atomic E-state index is 10.7. The first-order valence-corrected chi connectivity index (χ1v) is 5.44. The van der Waals surface area contributed by atoms with Crippen molar-refractivity contribution in [2.24, 2.45) is 0 Å². The van der Waals surface area contributed by atoms with Gasteiger partial charge in [0.25, 0.3) is 5.69 Å². The van der Waals surface area contributed by atoms with Crippen molar-refractivity contribution in [3.63, 3.8) is 0 Å². The van der Waals surface area contributed by atoms with Crippen LogP contribution in [0.15, 0.2) is 18.2 Å². The number of nitrogens with one attached hydrogen (secondary N) is 2. The van der Waals surface area contributed by atoms with Crippen molar-refractivity contribution in [3.8, 4) is 0 Å². The summed E-state index contributed by atoms with van der Waals surface area (Å²) < 4.78 is 0. The number of piperazine rings is 1. The fourth-order valence-corrected chi connectivity index (χ4v) is 1.96. The third-order valence-corrected chi connectivity index (χ3v) is 2.93. The second-order valence-corrected chi connectivity index (χ2v) is 4.09. The zero-order valence-corrected chi connectivity index (χ0v) is 10.6. The lowest BCUT2D eigenvalue weighted by atomic mass is 10.0. The van der Waals surface area contributed by atoms with Crippen LogP contribution < -0.4 is 10.6 Å². The largest absolute Gasteiger partial charge is 0.314 e. The highest BCUT2D eigenvalue weighted by molar-refractivity contribution is 6.32. The van der Waals surface area contributed by atoms with Crippen LogP contribution in [0, 0.1) is 10.1 Å². The first-order valence-electron chi connectivity index (χ1n) is 5.06. The minimum absolute atomic E-state index is 0. The molecular weight excluding hydrogens is 265 g/mol. The van der Waals surface area contributed by atoms with Gasteiger partial charge < -0.3 is 10.6 Å². The Labute approximate surface area is 110 Å².